The van der Waals surface area contributed by atoms with Crippen LogP contribution in [0.2, 0.25) is 24.2 Å². The lowest BCUT2D eigenvalue weighted by molar-refractivity contribution is 0.340. The van der Waals surface area contributed by atoms with Crippen molar-refractivity contribution in [1.82, 2.24) is 0 Å². The van der Waals surface area contributed by atoms with Gasteiger partial charge >= 0.3 is 0 Å². The van der Waals surface area contributed by atoms with Gasteiger partial charge in [0.15, 0.2) is 18.1 Å². The fourth-order valence-corrected chi connectivity index (χ4v) is 6.64. The highest BCUT2D eigenvalue weighted by Crippen LogP contribution is 2.06. The van der Waals surface area contributed by atoms with Gasteiger partial charge in [-0.25, -0.2) is 0 Å². The van der Waals surface area contributed by atoms with Crippen molar-refractivity contribution < 1.29 is 8.85 Å². The van der Waals surface area contributed by atoms with E-state index < -0.39 is 18.1 Å². The lowest BCUT2D eigenvalue weighted by Gasteiger charge is -2.12. The standard InChI is InChI=1S/C8H20OSi.C7H18OSi/c1-4-7-10(8-5-2)9-6-3;1-4-6-9(8-3)7-5-2/h10H,4-8H2,1-3H3;9H,4-7H2,1-3H3. The Kier molecular flexibility index (Phi) is 20.9. The number of hydrogen-bond acceptors (Lipinski definition) is 2. The van der Waals surface area contributed by atoms with Gasteiger partial charge in [-0.2, -0.15) is 0 Å². The molecule has 0 aliphatic carbocycles. The zero-order valence-electron chi connectivity index (χ0n) is 14.3. The average Bonchev–Trinajstić information content (AvgIpc) is 2.40. The Bertz CT molecular complexity index is 137. The lowest BCUT2D eigenvalue weighted by Crippen LogP contribution is -2.16. The minimum Gasteiger partial charge on any atom is -0.423 e. The van der Waals surface area contributed by atoms with Crippen molar-refractivity contribution in [1.29, 1.82) is 0 Å². The summed E-state index contributed by atoms with van der Waals surface area (Å²) in [7, 11) is 0.417. The van der Waals surface area contributed by atoms with Gasteiger partial charge in [0.25, 0.3) is 0 Å². The van der Waals surface area contributed by atoms with E-state index in [4.69, 9.17) is 8.85 Å². The van der Waals surface area contributed by atoms with E-state index in [9.17, 15) is 0 Å². The van der Waals surface area contributed by atoms with Crippen molar-refractivity contribution in [2.24, 2.45) is 0 Å². The lowest BCUT2D eigenvalue weighted by atomic mass is 10.6. The van der Waals surface area contributed by atoms with Crippen molar-refractivity contribution in [3.8, 4) is 0 Å². The largest absolute Gasteiger partial charge is 0.423 e. The molecule has 0 amide bonds. The molecule has 0 heterocycles. The summed E-state index contributed by atoms with van der Waals surface area (Å²) in [5.74, 6) is 0. The van der Waals surface area contributed by atoms with Crippen LogP contribution in [0.5, 0.6) is 0 Å². The zero-order chi connectivity index (χ0) is 14.9. The van der Waals surface area contributed by atoms with Gasteiger partial charge in [-0.05, 0) is 31.1 Å². The zero-order valence-corrected chi connectivity index (χ0v) is 16.6. The molecule has 0 atom stereocenters. The summed E-state index contributed by atoms with van der Waals surface area (Å²) in [5, 5.41) is 0. The van der Waals surface area contributed by atoms with Crippen LogP contribution in [0.4, 0.5) is 0 Å². The predicted octanol–water partition coefficient (Wildman–Crippen LogP) is 4.74. The van der Waals surface area contributed by atoms with Crippen LogP contribution in [-0.4, -0.2) is 31.8 Å². The third-order valence-electron chi connectivity index (χ3n) is 3.18. The highest BCUT2D eigenvalue weighted by molar-refractivity contribution is 6.52. The van der Waals surface area contributed by atoms with Gasteiger partial charge in [0.05, 0.1) is 0 Å². The maximum absolute atomic E-state index is 5.66. The summed E-state index contributed by atoms with van der Waals surface area (Å²) in [4.78, 5) is 0. The predicted molar refractivity (Wildman–Crippen MR) is 93.3 cm³/mol. The molecule has 118 valence electrons. The van der Waals surface area contributed by atoms with Gasteiger partial charge < -0.3 is 8.85 Å². The summed E-state index contributed by atoms with van der Waals surface area (Å²) >= 11 is 0. The number of rotatable bonds is 11. The minimum atomic E-state index is -0.734. The molecule has 2 nitrogen and oxygen atoms in total. The van der Waals surface area contributed by atoms with E-state index >= 15 is 0 Å². The van der Waals surface area contributed by atoms with Crippen LogP contribution in [0.15, 0.2) is 0 Å². The smallest absolute Gasteiger partial charge is 0.176 e. The van der Waals surface area contributed by atoms with Crippen LogP contribution in [0.25, 0.3) is 0 Å². The molecule has 4 heteroatoms. The van der Waals surface area contributed by atoms with E-state index in [1.54, 1.807) is 0 Å². The van der Waals surface area contributed by atoms with Crippen molar-refractivity contribution in [3.05, 3.63) is 0 Å². The van der Waals surface area contributed by atoms with E-state index in [-0.39, 0.29) is 0 Å². The second kappa shape index (κ2) is 18.4. The molecule has 19 heavy (non-hydrogen) atoms. The van der Waals surface area contributed by atoms with Gasteiger partial charge in [0, 0.05) is 13.7 Å². The SMILES string of the molecule is CCC[SiH](CCC)OC.CCC[SiH](CCC)OCC. The second-order valence-corrected chi connectivity index (χ2v) is 10.7. The van der Waals surface area contributed by atoms with Crippen LogP contribution in [-0.2, 0) is 8.85 Å². The Morgan fingerprint density at radius 2 is 1.00 bits per heavy atom. The molecule has 0 saturated heterocycles. The Hall–Kier alpha value is 0.354. The molecule has 0 N–H and O–H groups in total. The van der Waals surface area contributed by atoms with Crippen LogP contribution in [0, 0.1) is 0 Å². The van der Waals surface area contributed by atoms with Crippen LogP contribution in [0.3, 0.4) is 0 Å². The molecule has 0 rings (SSSR count). The Labute approximate surface area is 125 Å². The first-order chi connectivity index (χ1) is 9.19. The third kappa shape index (κ3) is 16.3. The van der Waals surface area contributed by atoms with E-state index in [0.717, 1.165) is 6.61 Å². The highest BCUT2D eigenvalue weighted by atomic mass is 28.3. The summed E-state index contributed by atoms with van der Waals surface area (Å²) in [6.07, 6.45) is 5.20. The molecule has 0 aliphatic rings. The van der Waals surface area contributed by atoms with E-state index in [1.807, 2.05) is 7.11 Å². The number of hydrogen-bond donors (Lipinski definition) is 0. The van der Waals surface area contributed by atoms with Crippen molar-refractivity contribution in [3.63, 3.8) is 0 Å². The summed E-state index contributed by atoms with van der Waals surface area (Å²) in [6, 6.07) is 5.43. The first kappa shape index (κ1) is 21.6. The molecular formula is C15H38O2Si2. The molecule has 0 fully saturated rings. The Morgan fingerprint density at radius 3 is 1.26 bits per heavy atom. The molecule has 0 saturated carbocycles. The minimum absolute atomic E-state index is 0.713. The van der Waals surface area contributed by atoms with Gasteiger partial charge in [0.1, 0.15) is 0 Å². The Morgan fingerprint density at radius 1 is 0.632 bits per heavy atom. The van der Waals surface area contributed by atoms with Crippen LogP contribution < -0.4 is 0 Å². The molecule has 0 unspecified atom stereocenters. The summed E-state index contributed by atoms with van der Waals surface area (Å²) in [5.41, 5.74) is 0. The monoisotopic (exact) mass is 306 g/mol. The summed E-state index contributed by atoms with van der Waals surface area (Å²) < 4.78 is 11.0. The highest BCUT2D eigenvalue weighted by Gasteiger charge is 2.07. The molecule has 0 radical (unpaired) electrons. The van der Waals surface area contributed by atoms with E-state index in [2.05, 4.69) is 34.6 Å². The van der Waals surface area contributed by atoms with Crippen molar-refractivity contribution in [2.75, 3.05) is 13.7 Å². The normalized spacial score (nSPS) is 10.7. The van der Waals surface area contributed by atoms with E-state index in [1.165, 1.54) is 49.9 Å². The molecular weight excluding hydrogens is 268 g/mol. The maximum Gasteiger partial charge on any atom is 0.176 e. The quantitative estimate of drug-likeness (QED) is 0.513. The Balaban J connectivity index is 0. The average molecular weight is 307 g/mol. The van der Waals surface area contributed by atoms with Crippen molar-refractivity contribution >= 4 is 18.1 Å². The van der Waals surface area contributed by atoms with Gasteiger partial charge in [0.2, 0.25) is 0 Å². The second-order valence-electron chi connectivity index (χ2n) is 5.09. The molecule has 0 aromatic carbocycles. The molecule has 0 aromatic heterocycles. The summed E-state index contributed by atoms with van der Waals surface area (Å²) in [6.45, 7) is 12.0. The van der Waals surface area contributed by atoms with Crippen LogP contribution >= 0.6 is 0 Å². The first-order valence-electron chi connectivity index (χ1n) is 8.34. The topological polar surface area (TPSA) is 18.5 Å². The molecule has 0 aliphatic heterocycles. The van der Waals surface area contributed by atoms with Gasteiger partial charge in [-0.3, -0.25) is 0 Å². The van der Waals surface area contributed by atoms with Crippen molar-refractivity contribution in [2.45, 2.75) is 84.5 Å². The van der Waals surface area contributed by atoms with Gasteiger partial charge in [-0.1, -0.05) is 53.4 Å². The molecule has 0 bridgehead atoms. The molecule has 0 spiro atoms. The van der Waals surface area contributed by atoms with Crippen LogP contribution in [0.1, 0.15) is 60.3 Å². The maximum atomic E-state index is 5.66. The first-order valence-corrected chi connectivity index (χ1v) is 12.5. The van der Waals surface area contributed by atoms with E-state index in [0.29, 0.717) is 0 Å². The molecule has 0 aromatic rings. The third-order valence-corrected chi connectivity index (χ3v) is 9.53. The fraction of sp³-hybridized carbons (Fsp3) is 1.00. The fourth-order valence-electron chi connectivity index (χ4n) is 2.21. The van der Waals surface area contributed by atoms with Gasteiger partial charge in [-0.15, -0.1) is 0 Å².